The van der Waals surface area contributed by atoms with Crippen molar-refractivity contribution in [2.24, 2.45) is 0 Å². The number of thiophene rings is 1. The molecule has 2 aromatic rings. The molecule has 1 aliphatic rings. The van der Waals surface area contributed by atoms with Crippen molar-refractivity contribution in [2.75, 3.05) is 26.3 Å². The Balaban J connectivity index is 2.16. The summed E-state index contributed by atoms with van der Waals surface area (Å²) in [5, 5.41) is 10.9. The van der Waals surface area contributed by atoms with Crippen molar-refractivity contribution in [3.8, 4) is 5.75 Å². The van der Waals surface area contributed by atoms with Gasteiger partial charge in [0.2, 0.25) is 0 Å². The van der Waals surface area contributed by atoms with Gasteiger partial charge in [0.25, 0.3) is 10.0 Å². The summed E-state index contributed by atoms with van der Waals surface area (Å²) in [5.41, 5.74) is 1.63. The molecular weight excluding hydrogens is 312 g/mol. The largest absolute Gasteiger partial charge is 0.505 e. The standard InChI is InChI=1S/C13H16N2O4S2/c1-8-7-9(2)14-12-10(8)11(16)13(20-12)21(17,18)15-3-5-19-6-4-15/h7,16H,3-6H2,1-2H3. The Kier molecular flexibility index (Phi) is 3.64. The highest BCUT2D eigenvalue weighted by Crippen LogP contribution is 2.42. The Bertz CT molecular complexity index is 792. The molecule has 0 radical (unpaired) electrons. The molecule has 0 saturated carbocycles. The third-order valence-corrected chi connectivity index (χ3v) is 6.93. The van der Waals surface area contributed by atoms with Gasteiger partial charge in [-0.3, -0.25) is 0 Å². The molecule has 1 saturated heterocycles. The van der Waals surface area contributed by atoms with E-state index < -0.39 is 10.0 Å². The predicted molar refractivity (Wildman–Crippen MR) is 80.3 cm³/mol. The summed E-state index contributed by atoms with van der Waals surface area (Å²) in [6.45, 7) is 5.05. The molecule has 21 heavy (non-hydrogen) atoms. The maximum absolute atomic E-state index is 12.7. The summed E-state index contributed by atoms with van der Waals surface area (Å²) in [6, 6.07) is 1.83. The van der Waals surface area contributed by atoms with E-state index in [1.165, 1.54) is 4.31 Å². The Morgan fingerprint density at radius 2 is 2.00 bits per heavy atom. The van der Waals surface area contributed by atoms with E-state index in [-0.39, 0.29) is 9.96 Å². The van der Waals surface area contributed by atoms with Gasteiger partial charge < -0.3 is 9.84 Å². The lowest BCUT2D eigenvalue weighted by molar-refractivity contribution is 0.0730. The fourth-order valence-corrected chi connectivity index (χ4v) is 5.59. The Morgan fingerprint density at radius 1 is 1.33 bits per heavy atom. The molecule has 6 nitrogen and oxygen atoms in total. The molecule has 0 spiro atoms. The van der Waals surface area contributed by atoms with Gasteiger partial charge in [-0.25, -0.2) is 13.4 Å². The van der Waals surface area contributed by atoms with Gasteiger partial charge in [0, 0.05) is 18.8 Å². The van der Waals surface area contributed by atoms with Crippen molar-refractivity contribution in [3.63, 3.8) is 0 Å². The average Bonchev–Trinajstić information content (AvgIpc) is 2.77. The van der Waals surface area contributed by atoms with Crippen LogP contribution in [0.2, 0.25) is 0 Å². The van der Waals surface area contributed by atoms with Gasteiger partial charge in [-0.2, -0.15) is 4.31 Å². The lowest BCUT2D eigenvalue weighted by Gasteiger charge is -2.25. The number of sulfonamides is 1. The number of aromatic hydroxyl groups is 1. The number of aryl methyl sites for hydroxylation is 2. The van der Waals surface area contributed by atoms with E-state index in [0.717, 1.165) is 22.6 Å². The fraction of sp³-hybridized carbons (Fsp3) is 0.462. The topological polar surface area (TPSA) is 79.7 Å². The summed E-state index contributed by atoms with van der Waals surface area (Å²) in [6.07, 6.45) is 0. The second kappa shape index (κ2) is 5.20. The van der Waals surface area contributed by atoms with Crippen LogP contribution in [0, 0.1) is 13.8 Å². The summed E-state index contributed by atoms with van der Waals surface area (Å²) in [5.74, 6) is -0.188. The van der Waals surface area contributed by atoms with Crippen molar-refractivity contribution >= 4 is 31.6 Å². The second-order valence-electron chi connectivity index (χ2n) is 5.02. The van der Waals surface area contributed by atoms with Crippen LogP contribution in [-0.2, 0) is 14.8 Å². The molecule has 1 aliphatic heterocycles. The summed E-state index contributed by atoms with van der Waals surface area (Å²) < 4.78 is 31.8. The molecule has 2 aromatic heterocycles. The molecule has 0 bridgehead atoms. The zero-order chi connectivity index (χ0) is 15.2. The van der Waals surface area contributed by atoms with Gasteiger partial charge in [0.1, 0.15) is 4.83 Å². The molecule has 0 atom stereocenters. The molecule has 8 heteroatoms. The van der Waals surface area contributed by atoms with E-state index in [1.807, 2.05) is 19.9 Å². The number of hydrogen-bond donors (Lipinski definition) is 1. The number of rotatable bonds is 2. The van der Waals surface area contributed by atoms with E-state index in [9.17, 15) is 13.5 Å². The maximum Gasteiger partial charge on any atom is 0.256 e. The number of nitrogens with zero attached hydrogens (tertiary/aromatic N) is 2. The number of morpholine rings is 1. The minimum atomic E-state index is -3.70. The normalized spacial score (nSPS) is 17.4. The Morgan fingerprint density at radius 3 is 2.67 bits per heavy atom. The first-order chi connectivity index (χ1) is 9.91. The van der Waals surface area contributed by atoms with Gasteiger partial charge in [-0.05, 0) is 25.5 Å². The lowest BCUT2D eigenvalue weighted by Crippen LogP contribution is -2.40. The fourth-order valence-electron chi connectivity index (χ4n) is 2.48. The number of pyridine rings is 1. The lowest BCUT2D eigenvalue weighted by atomic mass is 10.2. The third-order valence-electron chi connectivity index (χ3n) is 3.48. The van der Waals surface area contributed by atoms with Crippen LogP contribution in [0.5, 0.6) is 5.75 Å². The molecule has 3 rings (SSSR count). The zero-order valence-corrected chi connectivity index (χ0v) is 13.4. The van der Waals surface area contributed by atoms with Crippen LogP contribution in [-0.4, -0.2) is 49.1 Å². The van der Waals surface area contributed by atoms with Crippen LogP contribution in [0.3, 0.4) is 0 Å². The van der Waals surface area contributed by atoms with Crippen molar-refractivity contribution < 1.29 is 18.3 Å². The van der Waals surface area contributed by atoms with Gasteiger partial charge >= 0.3 is 0 Å². The first-order valence-electron chi connectivity index (χ1n) is 6.59. The van der Waals surface area contributed by atoms with Gasteiger partial charge in [-0.1, -0.05) is 11.3 Å². The SMILES string of the molecule is Cc1cc(C)c2c(O)c(S(=O)(=O)N3CCOCC3)sc2n1. The van der Waals surface area contributed by atoms with Crippen LogP contribution < -0.4 is 0 Å². The Labute approximate surface area is 127 Å². The predicted octanol–water partition coefficient (Wildman–Crippen LogP) is 1.64. The van der Waals surface area contributed by atoms with Crippen molar-refractivity contribution in [1.82, 2.24) is 9.29 Å². The van der Waals surface area contributed by atoms with E-state index in [1.54, 1.807) is 0 Å². The summed E-state index contributed by atoms with van der Waals surface area (Å²) >= 11 is 1.02. The molecule has 0 unspecified atom stereocenters. The molecule has 1 fully saturated rings. The van der Waals surface area contributed by atoms with E-state index >= 15 is 0 Å². The van der Waals surface area contributed by atoms with Crippen LogP contribution in [0.4, 0.5) is 0 Å². The van der Waals surface area contributed by atoms with E-state index in [2.05, 4.69) is 4.98 Å². The average molecular weight is 328 g/mol. The highest BCUT2D eigenvalue weighted by Gasteiger charge is 2.32. The monoisotopic (exact) mass is 328 g/mol. The number of fused-ring (bicyclic) bond motifs is 1. The van der Waals surface area contributed by atoms with E-state index in [0.29, 0.717) is 36.5 Å². The molecule has 0 aromatic carbocycles. The molecule has 0 amide bonds. The summed E-state index contributed by atoms with van der Waals surface area (Å²) in [4.78, 5) is 4.88. The smallest absolute Gasteiger partial charge is 0.256 e. The first-order valence-corrected chi connectivity index (χ1v) is 8.84. The highest BCUT2D eigenvalue weighted by molar-refractivity contribution is 7.91. The van der Waals surface area contributed by atoms with Crippen molar-refractivity contribution in [3.05, 3.63) is 17.3 Å². The second-order valence-corrected chi connectivity index (χ2v) is 8.15. The highest BCUT2D eigenvalue weighted by atomic mass is 32.2. The van der Waals surface area contributed by atoms with Crippen LogP contribution in [0.15, 0.2) is 10.3 Å². The van der Waals surface area contributed by atoms with Gasteiger partial charge in [0.15, 0.2) is 9.96 Å². The molecule has 0 aliphatic carbocycles. The third kappa shape index (κ3) is 2.42. The summed E-state index contributed by atoms with van der Waals surface area (Å²) in [7, 11) is -3.70. The van der Waals surface area contributed by atoms with Crippen molar-refractivity contribution in [2.45, 2.75) is 18.1 Å². The van der Waals surface area contributed by atoms with Gasteiger partial charge in [0.05, 0.1) is 18.6 Å². The molecule has 3 heterocycles. The zero-order valence-electron chi connectivity index (χ0n) is 11.8. The molecule has 114 valence electrons. The number of hydrogen-bond acceptors (Lipinski definition) is 6. The van der Waals surface area contributed by atoms with Crippen LogP contribution in [0.25, 0.3) is 10.2 Å². The quantitative estimate of drug-likeness (QED) is 0.906. The van der Waals surface area contributed by atoms with Crippen LogP contribution >= 0.6 is 11.3 Å². The van der Waals surface area contributed by atoms with Crippen LogP contribution in [0.1, 0.15) is 11.3 Å². The Hall–Kier alpha value is -1.22. The molecule has 1 N–H and O–H groups in total. The number of aromatic nitrogens is 1. The number of ether oxygens (including phenoxy) is 1. The maximum atomic E-state index is 12.7. The molecular formula is C13H16N2O4S2. The van der Waals surface area contributed by atoms with E-state index in [4.69, 9.17) is 4.74 Å². The minimum Gasteiger partial charge on any atom is -0.505 e. The minimum absolute atomic E-state index is 0.0272. The van der Waals surface area contributed by atoms with Crippen molar-refractivity contribution in [1.29, 1.82) is 0 Å². The first kappa shape index (κ1) is 14.7. The van der Waals surface area contributed by atoms with Gasteiger partial charge in [-0.15, -0.1) is 0 Å².